The number of nitrogens with one attached hydrogen (secondary N) is 1. The fraction of sp³-hybridized carbons (Fsp3) is 0.350. The summed E-state index contributed by atoms with van der Waals surface area (Å²) in [5, 5.41) is 6.85. The maximum Gasteiger partial charge on any atom is 0.331 e. The van der Waals surface area contributed by atoms with Gasteiger partial charge in [-0.1, -0.05) is 30.3 Å². The monoisotopic (exact) mass is 417 g/mol. The van der Waals surface area contributed by atoms with Gasteiger partial charge in [-0.3, -0.25) is 9.48 Å². The van der Waals surface area contributed by atoms with E-state index in [0.29, 0.717) is 13.0 Å². The Labute approximate surface area is 169 Å². The maximum atomic E-state index is 12.1. The fourth-order valence-corrected chi connectivity index (χ4v) is 4.65. The normalized spacial score (nSPS) is 19.1. The molecule has 2 heterocycles. The summed E-state index contributed by atoms with van der Waals surface area (Å²) in [6.07, 6.45) is 5.58. The lowest BCUT2D eigenvalue weighted by Gasteiger charge is -2.15. The molecule has 1 aliphatic heterocycles. The largest absolute Gasteiger partial charge is 0.449 e. The van der Waals surface area contributed by atoms with Crippen molar-refractivity contribution in [1.29, 1.82) is 0 Å². The predicted octanol–water partition coefficient (Wildman–Crippen LogP) is 1.18. The van der Waals surface area contributed by atoms with Gasteiger partial charge in [-0.05, 0) is 25.0 Å². The molecule has 1 aromatic heterocycles. The minimum Gasteiger partial charge on any atom is -0.449 e. The van der Waals surface area contributed by atoms with E-state index in [1.165, 1.54) is 13.0 Å². The highest BCUT2D eigenvalue weighted by molar-refractivity contribution is 7.91. The summed E-state index contributed by atoms with van der Waals surface area (Å²) in [5.74, 6) is -1.19. The molecule has 1 fully saturated rings. The van der Waals surface area contributed by atoms with Crippen LogP contribution in [-0.4, -0.2) is 53.7 Å². The zero-order chi connectivity index (χ0) is 20.9. The van der Waals surface area contributed by atoms with Gasteiger partial charge in [0.2, 0.25) is 0 Å². The van der Waals surface area contributed by atoms with Crippen molar-refractivity contribution in [2.45, 2.75) is 32.0 Å². The molecular weight excluding hydrogens is 394 g/mol. The van der Waals surface area contributed by atoms with Crippen LogP contribution in [0.3, 0.4) is 0 Å². The van der Waals surface area contributed by atoms with E-state index in [9.17, 15) is 18.0 Å². The average molecular weight is 417 g/mol. The molecule has 0 saturated carbocycles. The SMILES string of the molecule is C[C@H](OC(=O)/C=C/c1cnn(Cc2ccccc2)c1)C(=O)N[C@@H]1CCS(=O)(=O)C1. The van der Waals surface area contributed by atoms with Crippen LogP contribution in [0.4, 0.5) is 0 Å². The molecule has 3 rings (SSSR count). The summed E-state index contributed by atoms with van der Waals surface area (Å²) >= 11 is 0. The van der Waals surface area contributed by atoms with Crippen LogP contribution in [0.15, 0.2) is 48.8 Å². The molecule has 1 N–H and O–H groups in total. The second-order valence-corrected chi connectivity index (χ2v) is 9.21. The number of ether oxygens (including phenoxy) is 1. The molecule has 0 radical (unpaired) electrons. The third kappa shape index (κ3) is 6.28. The van der Waals surface area contributed by atoms with Crippen LogP contribution >= 0.6 is 0 Å². The van der Waals surface area contributed by atoms with Crippen molar-refractivity contribution in [2.24, 2.45) is 0 Å². The molecule has 2 atom stereocenters. The lowest BCUT2D eigenvalue weighted by molar-refractivity contribution is -0.150. The van der Waals surface area contributed by atoms with Gasteiger partial charge in [-0.15, -0.1) is 0 Å². The number of esters is 1. The number of aromatic nitrogens is 2. The Balaban J connectivity index is 1.47. The zero-order valence-electron chi connectivity index (χ0n) is 16.0. The summed E-state index contributed by atoms with van der Waals surface area (Å²) in [4.78, 5) is 24.0. The molecule has 1 saturated heterocycles. The van der Waals surface area contributed by atoms with Crippen LogP contribution in [0.25, 0.3) is 6.08 Å². The number of carbonyl (C=O) groups is 2. The molecule has 2 aromatic rings. The molecule has 1 aliphatic rings. The minimum atomic E-state index is -3.09. The van der Waals surface area contributed by atoms with Crippen molar-refractivity contribution in [2.75, 3.05) is 11.5 Å². The molecule has 0 spiro atoms. The van der Waals surface area contributed by atoms with Crippen molar-refractivity contribution in [3.63, 3.8) is 0 Å². The number of amides is 1. The van der Waals surface area contributed by atoms with Crippen LogP contribution < -0.4 is 5.32 Å². The quantitative estimate of drug-likeness (QED) is 0.535. The first-order valence-corrected chi connectivity index (χ1v) is 11.1. The molecule has 154 valence electrons. The topological polar surface area (TPSA) is 107 Å². The number of hydrogen-bond acceptors (Lipinski definition) is 6. The zero-order valence-corrected chi connectivity index (χ0v) is 16.8. The van der Waals surface area contributed by atoms with Crippen LogP contribution in [0.2, 0.25) is 0 Å². The summed E-state index contributed by atoms with van der Waals surface area (Å²) in [6, 6.07) is 9.43. The van der Waals surface area contributed by atoms with Gasteiger partial charge in [0.1, 0.15) is 0 Å². The Hall–Kier alpha value is -2.94. The Morgan fingerprint density at radius 2 is 2.10 bits per heavy atom. The highest BCUT2D eigenvalue weighted by Crippen LogP contribution is 2.12. The molecule has 0 unspecified atom stereocenters. The van der Waals surface area contributed by atoms with E-state index in [1.807, 2.05) is 30.3 Å². The first-order chi connectivity index (χ1) is 13.8. The second kappa shape index (κ2) is 9.04. The number of hydrogen-bond donors (Lipinski definition) is 1. The van der Waals surface area contributed by atoms with Crippen LogP contribution in [0, 0.1) is 0 Å². The van der Waals surface area contributed by atoms with Gasteiger partial charge in [-0.25, -0.2) is 13.2 Å². The first kappa shape index (κ1) is 20.8. The Bertz CT molecular complexity index is 998. The molecular formula is C20H23N3O5S. The summed E-state index contributed by atoms with van der Waals surface area (Å²) in [6.45, 7) is 2.07. The highest BCUT2D eigenvalue weighted by Gasteiger charge is 2.30. The molecule has 8 nitrogen and oxygen atoms in total. The third-order valence-electron chi connectivity index (χ3n) is 4.49. The van der Waals surface area contributed by atoms with Gasteiger partial charge in [-0.2, -0.15) is 5.10 Å². The summed E-state index contributed by atoms with van der Waals surface area (Å²) in [5.41, 5.74) is 1.84. The van der Waals surface area contributed by atoms with E-state index in [1.54, 1.807) is 23.2 Å². The molecule has 0 aliphatic carbocycles. The van der Waals surface area contributed by atoms with Gasteiger partial charge in [0.05, 0.1) is 24.2 Å². The van der Waals surface area contributed by atoms with Crippen LogP contribution in [0.1, 0.15) is 24.5 Å². The molecule has 1 aromatic carbocycles. The summed E-state index contributed by atoms with van der Waals surface area (Å²) < 4.78 is 29.7. The maximum absolute atomic E-state index is 12.1. The third-order valence-corrected chi connectivity index (χ3v) is 6.26. The lowest BCUT2D eigenvalue weighted by Crippen LogP contribution is -2.42. The smallest absolute Gasteiger partial charge is 0.331 e. The number of sulfone groups is 1. The first-order valence-electron chi connectivity index (χ1n) is 9.26. The van der Waals surface area contributed by atoms with E-state index >= 15 is 0 Å². The van der Waals surface area contributed by atoms with Gasteiger partial charge < -0.3 is 10.1 Å². The van der Waals surface area contributed by atoms with Crippen molar-refractivity contribution in [3.8, 4) is 0 Å². The Morgan fingerprint density at radius 3 is 2.79 bits per heavy atom. The van der Waals surface area contributed by atoms with Crippen molar-refractivity contribution >= 4 is 27.8 Å². The average Bonchev–Trinajstić information content (AvgIpc) is 3.26. The molecule has 0 bridgehead atoms. The minimum absolute atomic E-state index is 0.0623. The van der Waals surface area contributed by atoms with E-state index in [2.05, 4.69) is 10.4 Å². The summed E-state index contributed by atoms with van der Waals surface area (Å²) in [7, 11) is -3.09. The number of carbonyl (C=O) groups excluding carboxylic acids is 2. The number of nitrogens with zero attached hydrogens (tertiary/aromatic N) is 2. The van der Waals surface area contributed by atoms with Crippen molar-refractivity contribution in [3.05, 3.63) is 59.9 Å². The van der Waals surface area contributed by atoms with Crippen LogP contribution in [0.5, 0.6) is 0 Å². The Morgan fingerprint density at radius 1 is 1.34 bits per heavy atom. The van der Waals surface area contributed by atoms with Gasteiger partial charge in [0.25, 0.3) is 5.91 Å². The van der Waals surface area contributed by atoms with Crippen molar-refractivity contribution in [1.82, 2.24) is 15.1 Å². The molecule has 9 heteroatoms. The Kier molecular flexibility index (Phi) is 6.48. The van der Waals surface area contributed by atoms with E-state index in [4.69, 9.17) is 4.74 Å². The predicted molar refractivity (Wildman–Crippen MR) is 108 cm³/mol. The van der Waals surface area contributed by atoms with E-state index < -0.39 is 33.9 Å². The van der Waals surface area contributed by atoms with Gasteiger partial charge >= 0.3 is 5.97 Å². The lowest BCUT2D eigenvalue weighted by atomic mass is 10.2. The van der Waals surface area contributed by atoms with Gasteiger partial charge in [0.15, 0.2) is 15.9 Å². The van der Waals surface area contributed by atoms with Crippen molar-refractivity contribution < 1.29 is 22.7 Å². The van der Waals surface area contributed by atoms with Crippen LogP contribution in [-0.2, 0) is 30.7 Å². The molecule has 1 amide bonds. The van der Waals surface area contributed by atoms with E-state index in [-0.39, 0.29) is 11.5 Å². The fourth-order valence-electron chi connectivity index (χ4n) is 2.98. The van der Waals surface area contributed by atoms with E-state index in [0.717, 1.165) is 11.1 Å². The standard InChI is InChI=1S/C20H23N3O5S/c1-15(20(25)22-18-9-10-29(26,27)14-18)28-19(24)8-7-17-11-21-23(13-17)12-16-5-3-2-4-6-16/h2-8,11,13,15,18H,9-10,12,14H2,1H3,(H,22,25)/b8-7+/t15-,18+/m0/s1. The van der Waals surface area contributed by atoms with Gasteiger partial charge in [0, 0.05) is 23.9 Å². The molecule has 29 heavy (non-hydrogen) atoms. The second-order valence-electron chi connectivity index (χ2n) is 6.98. The number of benzene rings is 1. The highest BCUT2D eigenvalue weighted by atomic mass is 32.2. The number of rotatable bonds is 7.